The molecule has 0 bridgehead atoms. The van der Waals surface area contributed by atoms with Crippen LogP contribution in [0.5, 0.6) is 0 Å². The summed E-state index contributed by atoms with van der Waals surface area (Å²) in [6.45, 7) is 6.22. The van der Waals surface area contributed by atoms with Crippen LogP contribution >= 0.6 is 0 Å². The summed E-state index contributed by atoms with van der Waals surface area (Å²) in [4.78, 5) is 25.2. The zero-order chi connectivity index (χ0) is 15.4. The Hall–Kier alpha value is -1.14. The normalized spacial score (nSPS) is 12.2. The first kappa shape index (κ1) is 18.9. The van der Waals surface area contributed by atoms with E-state index in [1.165, 1.54) is 7.11 Å². The first-order valence-corrected chi connectivity index (χ1v) is 7.14. The maximum absolute atomic E-state index is 12.0. The summed E-state index contributed by atoms with van der Waals surface area (Å²) in [6, 6.07) is -0.285. The zero-order valence-electron chi connectivity index (χ0n) is 13.1. The highest BCUT2D eigenvalue weighted by atomic mass is 16.5. The molecule has 0 rings (SSSR count). The van der Waals surface area contributed by atoms with E-state index in [9.17, 15) is 9.59 Å². The monoisotopic (exact) mass is 288 g/mol. The van der Waals surface area contributed by atoms with Crippen LogP contribution in [0.4, 0.5) is 0 Å². The summed E-state index contributed by atoms with van der Waals surface area (Å²) in [6.07, 6.45) is 2.29. The number of carbonyl (C=O) groups is 2. The third kappa shape index (κ3) is 8.12. The molecule has 0 aromatic heterocycles. The van der Waals surface area contributed by atoms with Gasteiger partial charge in [-0.05, 0) is 13.3 Å². The number of hydrogen-bond donors (Lipinski definition) is 1. The van der Waals surface area contributed by atoms with E-state index in [-0.39, 0.29) is 24.3 Å². The molecular formula is C14H28N2O4. The van der Waals surface area contributed by atoms with Gasteiger partial charge in [-0.2, -0.15) is 0 Å². The highest BCUT2D eigenvalue weighted by Gasteiger charge is 2.21. The number of esters is 1. The van der Waals surface area contributed by atoms with E-state index in [4.69, 9.17) is 4.74 Å². The summed E-state index contributed by atoms with van der Waals surface area (Å²) in [5.74, 6) is -0.287. The highest BCUT2D eigenvalue weighted by molar-refractivity contribution is 5.81. The van der Waals surface area contributed by atoms with Crippen LogP contribution in [0.25, 0.3) is 0 Å². The molecule has 20 heavy (non-hydrogen) atoms. The standard InChI is InChI=1S/C14H28N2O4/c1-5-6-8-15-14(18)12(2)16(10-11-19-3)9-7-13(17)20-4/h12H,5-11H2,1-4H3,(H,15,18). The van der Waals surface area contributed by atoms with Gasteiger partial charge in [-0.1, -0.05) is 13.3 Å². The number of carbonyl (C=O) groups excluding carboxylic acids is 2. The average molecular weight is 288 g/mol. The van der Waals surface area contributed by atoms with Gasteiger partial charge in [0, 0.05) is 26.7 Å². The second kappa shape index (κ2) is 11.7. The molecule has 0 aromatic rings. The van der Waals surface area contributed by atoms with Crippen molar-refractivity contribution in [3.05, 3.63) is 0 Å². The Kier molecular flexibility index (Phi) is 11.0. The van der Waals surface area contributed by atoms with Crippen LogP contribution < -0.4 is 5.32 Å². The van der Waals surface area contributed by atoms with E-state index in [0.717, 1.165) is 12.8 Å². The minimum absolute atomic E-state index is 0.0144. The van der Waals surface area contributed by atoms with E-state index in [1.54, 1.807) is 7.11 Å². The van der Waals surface area contributed by atoms with Gasteiger partial charge in [-0.15, -0.1) is 0 Å². The van der Waals surface area contributed by atoms with Gasteiger partial charge in [0.15, 0.2) is 0 Å². The van der Waals surface area contributed by atoms with E-state index >= 15 is 0 Å². The Balaban J connectivity index is 4.33. The van der Waals surface area contributed by atoms with Gasteiger partial charge in [-0.3, -0.25) is 14.5 Å². The largest absolute Gasteiger partial charge is 0.469 e. The number of hydrogen-bond acceptors (Lipinski definition) is 5. The molecular weight excluding hydrogens is 260 g/mol. The van der Waals surface area contributed by atoms with Crippen LogP contribution in [0.3, 0.4) is 0 Å². The summed E-state index contributed by atoms with van der Waals surface area (Å²) in [7, 11) is 2.98. The van der Waals surface area contributed by atoms with Gasteiger partial charge in [0.2, 0.25) is 5.91 Å². The summed E-state index contributed by atoms with van der Waals surface area (Å²) in [5.41, 5.74) is 0. The average Bonchev–Trinajstić information content (AvgIpc) is 2.46. The maximum atomic E-state index is 12.0. The third-order valence-electron chi connectivity index (χ3n) is 3.17. The molecule has 0 saturated carbocycles. The Morgan fingerprint density at radius 1 is 1.25 bits per heavy atom. The number of unbranched alkanes of at least 4 members (excludes halogenated alkanes) is 1. The molecule has 1 atom stereocenters. The minimum Gasteiger partial charge on any atom is -0.469 e. The maximum Gasteiger partial charge on any atom is 0.306 e. The number of methoxy groups -OCH3 is 2. The lowest BCUT2D eigenvalue weighted by Crippen LogP contribution is -2.47. The van der Waals surface area contributed by atoms with Crippen LogP contribution in [-0.2, 0) is 19.1 Å². The molecule has 1 N–H and O–H groups in total. The predicted octanol–water partition coefficient (Wildman–Crippen LogP) is 0.803. The van der Waals surface area contributed by atoms with Crippen molar-refractivity contribution in [3.8, 4) is 0 Å². The van der Waals surface area contributed by atoms with Gasteiger partial charge >= 0.3 is 5.97 Å². The zero-order valence-corrected chi connectivity index (χ0v) is 13.1. The first-order valence-electron chi connectivity index (χ1n) is 7.14. The predicted molar refractivity (Wildman–Crippen MR) is 77.5 cm³/mol. The molecule has 0 aliphatic rings. The lowest BCUT2D eigenvalue weighted by Gasteiger charge is -2.27. The van der Waals surface area contributed by atoms with Crippen LogP contribution in [-0.4, -0.2) is 63.3 Å². The van der Waals surface area contributed by atoms with E-state index < -0.39 is 0 Å². The van der Waals surface area contributed by atoms with Crippen molar-refractivity contribution in [1.29, 1.82) is 0 Å². The van der Waals surface area contributed by atoms with Gasteiger partial charge < -0.3 is 14.8 Å². The Labute approximate surface area is 121 Å². The molecule has 0 saturated heterocycles. The van der Waals surface area contributed by atoms with Crippen LogP contribution in [0, 0.1) is 0 Å². The second-order valence-corrected chi connectivity index (χ2v) is 4.68. The molecule has 0 aliphatic carbocycles. The highest BCUT2D eigenvalue weighted by Crippen LogP contribution is 2.02. The Bertz CT molecular complexity index is 284. The summed E-state index contributed by atoms with van der Waals surface area (Å²) < 4.78 is 9.67. The second-order valence-electron chi connectivity index (χ2n) is 4.68. The molecule has 0 heterocycles. The molecule has 0 spiro atoms. The van der Waals surface area contributed by atoms with Crippen molar-refractivity contribution in [3.63, 3.8) is 0 Å². The smallest absolute Gasteiger partial charge is 0.306 e. The molecule has 6 nitrogen and oxygen atoms in total. The molecule has 0 fully saturated rings. The number of ether oxygens (including phenoxy) is 2. The topological polar surface area (TPSA) is 67.9 Å². The fourth-order valence-corrected chi connectivity index (χ4v) is 1.75. The fraction of sp³-hybridized carbons (Fsp3) is 0.857. The molecule has 118 valence electrons. The van der Waals surface area contributed by atoms with Crippen LogP contribution in [0.2, 0.25) is 0 Å². The molecule has 6 heteroatoms. The van der Waals surface area contributed by atoms with E-state index in [0.29, 0.717) is 26.2 Å². The van der Waals surface area contributed by atoms with Crippen molar-refractivity contribution >= 4 is 11.9 Å². The molecule has 1 unspecified atom stereocenters. The SMILES string of the molecule is CCCCNC(=O)C(C)N(CCOC)CCC(=O)OC. The van der Waals surface area contributed by atoms with Crippen molar-refractivity contribution in [2.45, 2.75) is 39.2 Å². The number of amides is 1. The van der Waals surface area contributed by atoms with Gasteiger partial charge in [0.1, 0.15) is 0 Å². The Morgan fingerprint density at radius 3 is 2.50 bits per heavy atom. The van der Waals surface area contributed by atoms with Crippen LogP contribution in [0.1, 0.15) is 33.1 Å². The van der Waals surface area contributed by atoms with Crippen molar-refractivity contribution in [1.82, 2.24) is 10.2 Å². The van der Waals surface area contributed by atoms with Crippen molar-refractivity contribution in [2.24, 2.45) is 0 Å². The number of nitrogens with one attached hydrogen (secondary N) is 1. The third-order valence-corrected chi connectivity index (χ3v) is 3.17. The molecule has 1 amide bonds. The van der Waals surface area contributed by atoms with Crippen molar-refractivity contribution in [2.75, 3.05) is 40.5 Å². The molecule has 0 radical (unpaired) electrons. The fourth-order valence-electron chi connectivity index (χ4n) is 1.75. The lowest BCUT2D eigenvalue weighted by molar-refractivity contribution is -0.141. The molecule has 0 aromatic carbocycles. The summed E-state index contributed by atoms with van der Waals surface area (Å²) in [5, 5.41) is 2.90. The number of nitrogens with zero attached hydrogens (tertiary/aromatic N) is 1. The van der Waals surface area contributed by atoms with E-state index in [2.05, 4.69) is 17.0 Å². The quantitative estimate of drug-likeness (QED) is 0.450. The molecule has 0 aliphatic heterocycles. The van der Waals surface area contributed by atoms with Crippen molar-refractivity contribution < 1.29 is 19.1 Å². The Morgan fingerprint density at radius 2 is 1.95 bits per heavy atom. The minimum atomic E-state index is -0.285. The van der Waals surface area contributed by atoms with E-state index in [1.807, 2.05) is 11.8 Å². The number of rotatable bonds is 11. The first-order chi connectivity index (χ1) is 9.56. The van der Waals surface area contributed by atoms with Gasteiger partial charge in [-0.25, -0.2) is 0 Å². The van der Waals surface area contributed by atoms with Gasteiger partial charge in [0.05, 0.1) is 26.2 Å². The summed E-state index contributed by atoms with van der Waals surface area (Å²) >= 11 is 0. The van der Waals surface area contributed by atoms with Gasteiger partial charge in [0.25, 0.3) is 0 Å². The van der Waals surface area contributed by atoms with Crippen LogP contribution in [0.15, 0.2) is 0 Å². The lowest BCUT2D eigenvalue weighted by atomic mass is 10.2.